The summed E-state index contributed by atoms with van der Waals surface area (Å²) in [6.45, 7) is 4.16. The summed E-state index contributed by atoms with van der Waals surface area (Å²) in [5.74, 6) is -1.57. The molecule has 0 radical (unpaired) electrons. The number of rotatable bonds is 7. The second kappa shape index (κ2) is 7.84. The van der Waals surface area contributed by atoms with Gasteiger partial charge in [-0.25, -0.2) is 8.78 Å². The van der Waals surface area contributed by atoms with Crippen LogP contribution in [-0.4, -0.2) is 18.6 Å². The lowest BCUT2D eigenvalue weighted by Gasteiger charge is -2.16. The first-order valence-electron chi connectivity index (χ1n) is 6.42. The van der Waals surface area contributed by atoms with E-state index in [1.807, 2.05) is 6.92 Å². The lowest BCUT2D eigenvalue weighted by molar-refractivity contribution is -0.145. The minimum Gasteiger partial charge on any atom is -0.465 e. The molecule has 1 aromatic rings. The molecule has 0 fully saturated rings. The van der Waals surface area contributed by atoms with Crippen LogP contribution in [0.1, 0.15) is 32.3 Å². The highest BCUT2D eigenvalue weighted by Gasteiger charge is 2.18. The fraction of sp³-hybridized carbons (Fsp3) is 0.500. The van der Waals surface area contributed by atoms with Crippen molar-refractivity contribution in [3.05, 3.63) is 35.4 Å². The maximum Gasteiger partial charge on any atom is 0.323 e. The van der Waals surface area contributed by atoms with Crippen molar-refractivity contribution < 1.29 is 18.3 Å². The standard InChI is InChI=1S/C14H19F2NO2/c1-3-5-13(14(18)19-4-2)17-9-10-6-7-11(15)8-12(10)16/h6-8,13,17H,3-5,9H2,1-2H3. The molecule has 19 heavy (non-hydrogen) atoms. The van der Waals surface area contributed by atoms with Crippen LogP contribution in [0.2, 0.25) is 0 Å². The minimum atomic E-state index is -0.619. The van der Waals surface area contributed by atoms with Crippen LogP contribution in [-0.2, 0) is 16.1 Å². The number of ether oxygens (including phenoxy) is 1. The predicted octanol–water partition coefficient (Wildman–Crippen LogP) is 2.79. The van der Waals surface area contributed by atoms with E-state index in [2.05, 4.69) is 5.32 Å². The van der Waals surface area contributed by atoms with Gasteiger partial charge in [-0.15, -0.1) is 0 Å². The molecule has 0 amide bonds. The van der Waals surface area contributed by atoms with Gasteiger partial charge in [0.1, 0.15) is 17.7 Å². The smallest absolute Gasteiger partial charge is 0.323 e. The molecule has 0 aromatic heterocycles. The normalized spacial score (nSPS) is 12.2. The van der Waals surface area contributed by atoms with Crippen molar-refractivity contribution in [3.63, 3.8) is 0 Å². The first-order valence-corrected chi connectivity index (χ1v) is 6.42. The first-order chi connectivity index (χ1) is 9.08. The molecular formula is C14H19F2NO2. The van der Waals surface area contributed by atoms with Gasteiger partial charge in [0, 0.05) is 18.2 Å². The zero-order chi connectivity index (χ0) is 14.3. The molecule has 0 aliphatic carbocycles. The predicted molar refractivity (Wildman–Crippen MR) is 68.5 cm³/mol. The maximum absolute atomic E-state index is 13.4. The summed E-state index contributed by atoms with van der Waals surface area (Å²) in [4.78, 5) is 11.7. The van der Waals surface area contributed by atoms with Gasteiger partial charge in [0.25, 0.3) is 0 Å². The third-order valence-electron chi connectivity index (χ3n) is 2.70. The Hall–Kier alpha value is -1.49. The third kappa shape index (κ3) is 4.95. The highest BCUT2D eigenvalue weighted by atomic mass is 19.1. The van der Waals surface area contributed by atoms with Crippen LogP contribution < -0.4 is 5.32 Å². The van der Waals surface area contributed by atoms with E-state index in [0.29, 0.717) is 18.6 Å². The fourth-order valence-electron chi connectivity index (χ4n) is 1.73. The van der Waals surface area contributed by atoms with E-state index in [0.717, 1.165) is 12.5 Å². The Morgan fingerprint density at radius 3 is 2.68 bits per heavy atom. The Bertz CT molecular complexity index is 424. The first kappa shape index (κ1) is 15.6. The van der Waals surface area contributed by atoms with Crippen molar-refractivity contribution >= 4 is 5.97 Å². The molecular weight excluding hydrogens is 252 g/mol. The molecule has 3 nitrogen and oxygen atoms in total. The molecule has 0 bridgehead atoms. The molecule has 0 saturated heterocycles. The molecule has 1 unspecified atom stereocenters. The lowest BCUT2D eigenvalue weighted by atomic mass is 10.1. The van der Waals surface area contributed by atoms with Gasteiger partial charge in [0.2, 0.25) is 0 Å². The van der Waals surface area contributed by atoms with Crippen molar-refractivity contribution in [2.24, 2.45) is 0 Å². The topological polar surface area (TPSA) is 38.3 Å². The number of nitrogens with one attached hydrogen (secondary N) is 1. The number of carbonyl (C=O) groups excluding carboxylic acids is 1. The van der Waals surface area contributed by atoms with Gasteiger partial charge in [-0.2, -0.15) is 0 Å². The van der Waals surface area contributed by atoms with E-state index in [-0.39, 0.29) is 12.5 Å². The molecule has 106 valence electrons. The number of carbonyl (C=O) groups is 1. The Kier molecular flexibility index (Phi) is 6.42. The van der Waals surface area contributed by atoms with Crippen LogP contribution in [0, 0.1) is 11.6 Å². The van der Waals surface area contributed by atoms with Crippen LogP contribution in [0.3, 0.4) is 0 Å². The number of hydrogen-bond donors (Lipinski definition) is 1. The Morgan fingerprint density at radius 2 is 2.11 bits per heavy atom. The van der Waals surface area contributed by atoms with Gasteiger partial charge in [-0.05, 0) is 19.4 Å². The summed E-state index contributed by atoms with van der Waals surface area (Å²) in [7, 11) is 0. The Morgan fingerprint density at radius 1 is 1.37 bits per heavy atom. The summed E-state index contributed by atoms with van der Waals surface area (Å²) in [6, 6.07) is 2.93. The quantitative estimate of drug-likeness (QED) is 0.775. The molecule has 1 rings (SSSR count). The Labute approximate surface area is 112 Å². The van der Waals surface area contributed by atoms with Crippen LogP contribution in [0.15, 0.2) is 18.2 Å². The fourth-order valence-corrected chi connectivity index (χ4v) is 1.73. The van der Waals surface area contributed by atoms with E-state index in [1.54, 1.807) is 6.92 Å². The van der Waals surface area contributed by atoms with Gasteiger partial charge >= 0.3 is 5.97 Å². The van der Waals surface area contributed by atoms with Crippen molar-refractivity contribution in [2.45, 2.75) is 39.3 Å². The number of halogens is 2. The number of esters is 1. The monoisotopic (exact) mass is 271 g/mol. The molecule has 0 heterocycles. The molecule has 1 N–H and O–H groups in total. The van der Waals surface area contributed by atoms with E-state index in [4.69, 9.17) is 4.74 Å². The van der Waals surface area contributed by atoms with Gasteiger partial charge in [-0.3, -0.25) is 4.79 Å². The number of benzene rings is 1. The van der Waals surface area contributed by atoms with Crippen molar-refractivity contribution in [1.29, 1.82) is 0 Å². The Balaban J connectivity index is 2.62. The average Bonchev–Trinajstić information content (AvgIpc) is 2.36. The summed E-state index contributed by atoms with van der Waals surface area (Å²) in [5, 5.41) is 2.94. The van der Waals surface area contributed by atoms with E-state index < -0.39 is 17.7 Å². The van der Waals surface area contributed by atoms with Crippen molar-refractivity contribution in [1.82, 2.24) is 5.32 Å². The van der Waals surface area contributed by atoms with Gasteiger partial charge in [-0.1, -0.05) is 19.4 Å². The molecule has 0 spiro atoms. The molecule has 1 aromatic carbocycles. The van der Waals surface area contributed by atoms with Gasteiger partial charge in [0.05, 0.1) is 6.61 Å². The third-order valence-corrected chi connectivity index (χ3v) is 2.70. The van der Waals surface area contributed by atoms with Crippen molar-refractivity contribution in [2.75, 3.05) is 6.61 Å². The highest BCUT2D eigenvalue weighted by molar-refractivity contribution is 5.75. The molecule has 0 aliphatic heterocycles. The van der Waals surface area contributed by atoms with Gasteiger partial charge < -0.3 is 10.1 Å². The average molecular weight is 271 g/mol. The zero-order valence-corrected chi connectivity index (χ0v) is 11.2. The zero-order valence-electron chi connectivity index (χ0n) is 11.2. The molecule has 1 atom stereocenters. The second-order valence-electron chi connectivity index (χ2n) is 4.21. The highest BCUT2D eigenvalue weighted by Crippen LogP contribution is 2.10. The summed E-state index contributed by atoms with van der Waals surface area (Å²) >= 11 is 0. The van der Waals surface area contributed by atoms with Crippen molar-refractivity contribution in [3.8, 4) is 0 Å². The molecule has 0 aliphatic rings. The molecule has 0 saturated carbocycles. The van der Waals surface area contributed by atoms with E-state index in [1.165, 1.54) is 12.1 Å². The SMILES string of the molecule is CCCC(NCc1ccc(F)cc1F)C(=O)OCC. The largest absolute Gasteiger partial charge is 0.465 e. The minimum absolute atomic E-state index is 0.162. The number of hydrogen-bond acceptors (Lipinski definition) is 3. The maximum atomic E-state index is 13.4. The van der Waals surface area contributed by atoms with Crippen LogP contribution in [0.4, 0.5) is 8.78 Å². The van der Waals surface area contributed by atoms with E-state index >= 15 is 0 Å². The van der Waals surface area contributed by atoms with Gasteiger partial charge in [0.15, 0.2) is 0 Å². The van der Waals surface area contributed by atoms with E-state index in [9.17, 15) is 13.6 Å². The summed E-state index contributed by atoms with van der Waals surface area (Å²) in [5.41, 5.74) is 0.326. The molecule has 5 heteroatoms. The van der Waals surface area contributed by atoms with Crippen LogP contribution in [0.25, 0.3) is 0 Å². The summed E-state index contributed by atoms with van der Waals surface area (Å²) < 4.78 is 31.1. The van der Waals surface area contributed by atoms with Crippen LogP contribution in [0.5, 0.6) is 0 Å². The summed E-state index contributed by atoms with van der Waals surface area (Å²) in [6.07, 6.45) is 1.42. The lowest BCUT2D eigenvalue weighted by Crippen LogP contribution is -2.37. The van der Waals surface area contributed by atoms with Crippen LogP contribution >= 0.6 is 0 Å². The second-order valence-corrected chi connectivity index (χ2v) is 4.21.